The van der Waals surface area contributed by atoms with Crippen molar-refractivity contribution in [2.75, 3.05) is 6.61 Å². The maximum Gasteiger partial charge on any atom is 0.488 e. The van der Waals surface area contributed by atoms with E-state index in [1.807, 2.05) is 0 Å². The lowest BCUT2D eigenvalue weighted by Crippen LogP contribution is -2.34. The van der Waals surface area contributed by atoms with E-state index in [0.29, 0.717) is 17.6 Å². The number of hydrogen-bond donors (Lipinski definition) is 3. The average Bonchev–Trinajstić information content (AvgIpc) is 2.29. The van der Waals surface area contributed by atoms with E-state index in [2.05, 4.69) is 0 Å². The van der Waals surface area contributed by atoms with E-state index in [1.165, 1.54) is 12.1 Å². The van der Waals surface area contributed by atoms with Gasteiger partial charge < -0.3 is 19.9 Å². The van der Waals surface area contributed by atoms with Crippen molar-refractivity contribution in [1.82, 2.24) is 0 Å². The van der Waals surface area contributed by atoms with E-state index in [9.17, 15) is 15.2 Å². The molecule has 0 saturated carbocycles. The highest BCUT2D eigenvalue weighted by Crippen LogP contribution is 2.28. The second-order valence-corrected chi connectivity index (χ2v) is 4.04. The first-order valence-electron chi connectivity index (χ1n) is 5.49. The van der Waals surface area contributed by atoms with Crippen molar-refractivity contribution in [3.8, 4) is 5.75 Å². The summed E-state index contributed by atoms with van der Waals surface area (Å²) < 4.78 is 5.58. The zero-order chi connectivity index (χ0) is 11.5. The fourth-order valence-corrected chi connectivity index (χ4v) is 2.06. The quantitative estimate of drug-likeness (QED) is 0.630. The molecule has 1 fully saturated rings. The van der Waals surface area contributed by atoms with Crippen molar-refractivity contribution < 1.29 is 19.9 Å². The SMILES string of the molecule is OB(O)c1ccc(O)cc1C1CCCCO1. The Hall–Kier alpha value is -1.04. The fourth-order valence-electron chi connectivity index (χ4n) is 2.06. The molecule has 16 heavy (non-hydrogen) atoms. The largest absolute Gasteiger partial charge is 0.508 e. The monoisotopic (exact) mass is 222 g/mol. The molecule has 2 rings (SSSR count). The molecule has 1 heterocycles. The Morgan fingerprint density at radius 3 is 2.69 bits per heavy atom. The molecule has 1 aliphatic heterocycles. The van der Waals surface area contributed by atoms with Gasteiger partial charge in [0.1, 0.15) is 5.75 Å². The number of phenols is 1. The van der Waals surface area contributed by atoms with Gasteiger partial charge in [0.2, 0.25) is 0 Å². The molecular formula is C11H15BO4. The molecule has 1 saturated heterocycles. The van der Waals surface area contributed by atoms with Crippen LogP contribution in [0.1, 0.15) is 30.9 Å². The van der Waals surface area contributed by atoms with Gasteiger partial charge >= 0.3 is 7.12 Å². The minimum Gasteiger partial charge on any atom is -0.508 e. The van der Waals surface area contributed by atoms with E-state index >= 15 is 0 Å². The number of aromatic hydroxyl groups is 1. The van der Waals surface area contributed by atoms with Gasteiger partial charge in [0.15, 0.2) is 0 Å². The van der Waals surface area contributed by atoms with Crippen molar-refractivity contribution in [2.45, 2.75) is 25.4 Å². The molecule has 1 unspecified atom stereocenters. The van der Waals surface area contributed by atoms with Gasteiger partial charge in [-0.25, -0.2) is 0 Å². The summed E-state index contributed by atoms with van der Waals surface area (Å²) in [4.78, 5) is 0. The van der Waals surface area contributed by atoms with Crippen LogP contribution in [0.2, 0.25) is 0 Å². The zero-order valence-corrected chi connectivity index (χ0v) is 8.97. The Kier molecular flexibility index (Phi) is 3.48. The molecule has 0 aliphatic carbocycles. The Balaban J connectivity index is 2.32. The molecular weight excluding hydrogens is 207 g/mol. The molecule has 3 N–H and O–H groups in total. The second-order valence-electron chi connectivity index (χ2n) is 4.04. The number of rotatable bonds is 2. The molecule has 86 valence electrons. The van der Waals surface area contributed by atoms with E-state index in [4.69, 9.17) is 4.74 Å². The van der Waals surface area contributed by atoms with Crippen molar-refractivity contribution in [1.29, 1.82) is 0 Å². The third-order valence-corrected chi connectivity index (χ3v) is 2.88. The average molecular weight is 222 g/mol. The van der Waals surface area contributed by atoms with Gasteiger partial charge in [-0.15, -0.1) is 0 Å². The normalized spacial score (nSPS) is 20.8. The first kappa shape index (κ1) is 11.5. The Morgan fingerprint density at radius 2 is 2.06 bits per heavy atom. The molecule has 1 aromatic rings. The molecule has 5 heteroatoms. The lowest BCUT2D eigenvalue weighted by atomic mass is 9.75. The Labute approximate surface area is 94.6 Å². The molecule has 1 aliphatic rings. The van der Waals surface area contributed by atoms with Crippen LogP contribution < -0.4 is 5.46 Å². The van der Waals surface area contributed by atoms with Gasteiger partial charge in [-0.05, 0) is 42.4 Å². The van der Waals surface area contributed by atoms with Crippen LogP contribution in [0, 0.1) is 0 Å². The van der Waals surface area contributed by atoms with Gasteiger partial charge in [0.05, 0.1) is 6.10 Å². The number of benzene rings is 1. The molecule has 0 spiro atoms. The summed E-state index contributed by atoms with van der Waals surface area (Å²) in [5, 5.41) is 27.9. The molecule has 0 amide bonds. The predicted octanol–water partition coefficient (Wildman–Crippen LogP) is 0.314. The van der Waals surface area contributed by atoms with Crippen LogP contribution in [0.3, 0.4) is 0 Å². The van der Waals surface area contributed by atoms with E-state index in [-0.39, 0.29) is 11.9 Å². The van der Waals surface area contributed by atoms with Crippen molar-refractivity contribution in [3.05, 3.63) is 23.8 Å². The van der Waals surface area contributed by atoms with Crippen LogP contribution >= 0.6 is 0 Å². The van der Waals surface area contributed by atoms with Crippen LogP contribution in [0.15, 0.2) is 18.2 Å². The highest BCUT2D eigenvalue weighted by atomic mass is 16.5. The van der Waals surface area contributed by atoms with Crippen LogP contribution in [0.4, 0.5) is 0 Å². The topological polar surface area (TPSA) is 69.9 Å². The van der Waals surface area contributed by atoms with Crippen LogP contribution in [0.5, 0.6) is 5.75 Å². The standard InChI is InChI=1S/C11H15BO4/c13-8-4-5-10(12(14)15)9(7-8)11-3-1-2-6-16-11/h4-5,7,11,13-15H,1-3,6H2. The zero-order valence-electron chi connectivity index (χ0n) is 8.97. The summed E-state index contributed by atoms with van der Waals surface area (Å²) >= 11 is 0. The van der Waals surface area contributed by atoms with E-state index in [0.717, 1.165) is 19.3 Å². The van der Waals surface area contributed by atoms with Crippen molar-refractivity contribution >= 4 is 12.6 Å². The fraction of sp³-hybridized carbons (Fsp3) is 0.455. The first-order valence-corrected chi connectivity index (χ1v) is 5.49. The van der Waals surface area contributed by atoms with E-state index in [1.54, 1.807) is 6.07 Å². The van der Waals surface area contributed by atoms with Gasteiger partial charge in [-0.2, -0.15) is 0 Å². The molecule has 1 aromatic carbocycles. The molecule has 4 nitrogen and oxygen atoms in total. The summed E-state index contributed by atoms with van der Waals surface area (Å²) in [5.41, 5.74) is 1.08. The highest BCUT2D eigenvalue weighted by Gasteiger charge is 2.24. The van der Waals surface area contributed by atoms with Gasteiger partial charge in [0.25, 0.3) is 0 Å². The van der Waals surface area contributed by atoms with Gasteiger partial charge in [0, 0.05) is 6.61 Å². The van der Waals surface area contributed by atoms with Crippen molar-refractivity contribution in [2.24, 2.45) is 0 Å². The summed E-state index contributed by atoms with van der Waals surface area (Å²) in [6.45, 7) is 0.682. The lowest BCUT2D eigenvalue weighted by Gasteiger charge is -2.25. The summed E-state index contributed by atoms with van der Waals surface area (Å²) in [6.07, 6.45) is 2.80. The number of hydrogen-bond acceptors (Lipinski definition) is 4. The third-order valence-electron chi connectivity index (χ3n) is 2.88. The summed E-state index contributed by atoms with van der Waals surface area (Å²) in [5.74, 6) is 0.119. The van der Waals surface area contributed by atoms with Crippen LogP contribution in [-0.4, -0.2) is 28.9 Å². The molecule has 0 radical (unpaired) electrons. The Morgan fingerprint density at radius 1 is 1.25 bits per heavy atom. The smallest absolute Gasteiger partial charge is 0.488 e. The second kappa shape index (κ2) is 4.87. The number of ether oxygens (including phenoxy) is 1. The predicted molar refractivity (Wildman–Crippen MR) is 60.5 cm³/mol. The van der Waals surface area contributed by atoms with Crippen LogP contribution in [0.25, 0.3) is 0 Å². The van der Waals surface area contributed by atoms with Gasteiger partial charge in [-0.3, -0.25) is 0 Å². The maximum absolute atomic E-state index is 9.43. The third kappa shape index (κ3) is 2.37. The summed E-state index contributed by atoms with van der Waals surface area (Å²) in [7, 11) is -1.53. The molecule has 0 aromatic heterocycles. The lowest BCUT2D eigenvalue weighted by molar-refractivity contribution is 0.0153. The first-order chi connectivity index (χ1) is 7.68. The van der Waals surface area contributed by atoms with Crippen LogP contribution in [-0.2, 0) is 4.74 Å². The minimum absolute atomic E-state index is 0.119. The molecule has 0 bridgehead atoms. The van der Waals surface area contributed by atoms with Crippen molar-refractivity contribution in [3.63, 3.8) is 0 Å². The van der Waals surface area contributed by atoms with E-state index < -0.39 is 7.12 Å². The summed E-state index contributed by atoms with van der Waals surface area (Å²) in [6, 6.07) is 4.51. The van der Waals surface area contributed by atoms with Gasteiger partial charge in [-0.1, -0.05) is 6.07 Å². The number of phenolic OH excluding ortho intramolecular Hbond substituents is 1. The maximum atomic E-state index is 9.43. The Bertz CT molecular complexity index is 361. The highest BCUT2D eigenvalue weighted by molar-refractivity contribution is 6.59. The minimum atomic E-state index is -1.53. The molecule has 1 atom stereocenters.